The van der Waals surface area contributed by atoms with Crippen molar-refractivity contribution in [1.82, 2.24) is 4.90 Å². The molecule has 178 valence electrons. The molecule has 1 atom stereocenters. The molecule has 1 aliphatic heterocycles. The Balaban J connectivity index is 1.67. The third-order valence-corrected chi connectivity index (χ3v) is 6.79. The molecule has 6 heteroatoms. The van der Waals surface area contributed by atoms with E-state index >= 15 is 0 Å². The Morgan fingerprint density at radius 1 is 1.03 bits per heavy atom. The van der Waals surface area contributed by atoms with Crippen LogP contribution < -0.4 is 10.2 Å². The fraction of sp³-hybridized carbons (Fsp3) is 0.241. The molecule has 0 fully saturated rings. The molecule has 35 heavy (non-hydrogen) atoms. The summed E-state index contributed by atoms with van der Waals surface area (Å²) in [6, 6.07) is 20.1. The molecule has 5 nitrogen and oxygen atoms in total. The van der Waals surface area contributed by atoms with Gasteiger partial charge in [0.1, 0.15) is 11.3 Å². The van der Waals surface area contributed by atoms with Gasteiger partial charge in [0.2, 0.25) is 5.76 Å². The number of ether oxygens (including phenoxy) is 1. The van der Waals surface area contributed by atoms with E-state index in [1.165, 1.54) is 0 Å². The van der Waals surface area contributed by atoms with Crippen molar-refractivity contribution in [2.45, 2.75) is 39.3 Å². The summed E-state index contributed by atoms with van der Waals surface area (Å²) in [6.07, 6.45) is 1.98. The van der Waals surface area contributed by atoms with E-state index in [0.29, 0.717) is 40.5 Å². The van der Waals surface area contributed by atoms with Crippen LogP contribution in [0.25, 0.3) is 11.0 Å². The first kappa shape index (κ1) is 23.2. The lowest BCUT2D eigenvalue weighted by molar-refractivity contribution is 0.0714. The topological polar surface area (TPSA) is 59.8 Å². The normalized spacial score (nSPS) is 15.0. The van der Waals surface area contributed by atoms with E-state index in [4.69, 9.17) is 20.8 Å². The number of nitrogens with zero attached hydrogens (tertiary/aromatic N) is 1. The van der Waals surface area contributed by atoms with E-state index in [2.05, 4.69) is 6.92 Å². The van der Waals surface area contributed by atoms with E-state index in [-0.39, 0.29) is 17.1 Å². The quantitative estimate of drug-likeness (QED) is 0.273. The number of aryl methyl sites for hydroxylation is 1. The molecule has 1 aliphatic rings. The number of hydrogen-bond acceptors (Lipinski definition) is 4. The molecule has 0 N–H and O–H groups in total. The number of benzene rings is 3. The summed E-state index contributed by atoms with van der Waals surface area (Å²) in [4.78, 5) is 29.1. The van der Waals surface area contributed by atoms with Crippen LogP contribution >= 0.6 is 11.6 Å². The Morgan fingerprint density at radius 3 is 2.60 bits per heavy atom. The lowest BCUT2D eigenvalue weighted by Crippen LogP contribution is -2.29. The van der Waals surface area contributed by atoms with Crippen LogP contribution in [0.4, 0.5) is 0 Å². The third-order valence-electron chi connectivity index (χ3n) is 6.38. The number of halogens is 1. The van der Waals surface area contributed by atoms with Gasteiger partial charge in [-0.1, -0.05) is 67.4 Å². The van der Waals surface area contributed by atoms with Crippen LogP contribution in [0, 0.1) is 6.92 Å². The van der Waals surface area contributed by atoms with Crippen molar-refractivity contribution in [2.24, 2.45) is 0 Å². The predicted molar refractivity (Wildman–Crippen MR) is 137 cm³/mol. The van der Waals surface area contributed by atoms with Gasteiger partial charge in [-0.05, 0) is 54.3 Å². The third kappa shape index (κ3) is 4.32. The van der Waals surface area contributed by atoms with Gasteiger partial charge in [0.25, 0.3) is 5.91 Å². The van der Waals surface area contributed by atoms with Crippen molar-refractivity contribution < 1.29 is 13.9 Å². The van der Waals surface area contributed by atoms with Gasteiger partial charge in [0, 0.05) is 11.6 Å². The van der Waals surface area contributed by atoms with Gasteiger partial charge in [-0.2, -0.15) is 0 Å². The van der Waals surface area contributed by atoms with E-state index < -0.39 is 6.04 Å². The second kappa shape index (κ2) is 9.59. The molecule has 0 radical (unpaired) electrons. The number of carbonyl (C=O) groups excluding carboxylic acids is 1. The molecule has 1 aromatic heterocycles. The summed E-state index contributed by atoms with van der Waals surface area (Å²) in [5, 5.41) is 0.854. The van der Waals surface area contributed by atoms with Crippen LogP contribution in [0.5, 0.6) is 5.75 Å². The predicted octanol–water partition coefficient (Wildman–Crippen LogP) is 6.68. The zero-order chi connectivity index (χ0) is 24.5. The molecule has 0 spiro atoms. The summed E-state index contributed by atoms with van der Waals surface area (Å²) in [5.41, 5.74) is 3.00. The van der Waals surface area contributed by atoms with Crippen LogP contribution in [-0.4, -0.2) is 17.4 Å². The fourth-order valence-electron chi connectivity index (χ4n) is 4.54. The molecule has 0 saturated heterocycles. The van der Waals surface area contributed by atoms with Gasteiger partial charge >= 0.3 is 0 Å². The van der Waals surface area contributed by atoms with E-state index in [0.717, 1.165) is 29.5 Å². The fourth-order valence-corrected chi connectivity index (χ4v) is 4.70. The number of rotatable bonds is 7. The Bertz CT molecular complexity index is 1460. The molecular formula is C29H26ClNO4. The first-order valence-corrected chi connectivity index (χ1v) is 12.2. The van der Waals surface area contributed by atoms with Crippen molar-refractivity contribution in [3.8, 4) is 5.75 Å². The average molecular weight is 488 g/mol. The summed E-state index contributed by atoms with van der Waals surface area (Å²) < 4.78 is 12.0. The Morgan fingerprint density at radius 2 is 1.83 bits per heavy atom. The van der Waals surface area contributed by atoms with E-state index in [1.807, 2.05) is 61.5 Å². The molecule has 1 unspecified atom stereocenters. The first-order valence-electron chi connectivity index (χ1n) is 11.8. The molecule has 4 aromatic rings. The summed E-state index contributed by atoms with van der Waals surface area (Å²) >= 11 is 6.34. The highest BCUT2D eigenvalue weighted by Crippen LogP contribution is 2.40. The van der Waals surface area contributed by atoms with Gasteiger partial charge < -0.3 is 14.1 Å². The minimum Gasteiger partial charge on any atom is -0.494 e. The van der Waals surface area contributed by atoms with Crippen molar-refractivity contribution in [3.05, 3.63) is 110 Å². The first-order chi connectivity index (χ1) is 17.0. The van der Waals surface area contributed by atoms with Crippen LogP contribution in [0.1, 0.15) is 58.6 Å². The molecule has 5 rings (SSSR count). The Kier molecular flexibility index (Phi) is 6.35. The van der Waals surface area contributed by atoms with Crippen LogP contribution in [-0.2, 0) is 6.54 Å². The summed E-state index contributed by atoms with van der Waals surface area (Å²) in [7, 11) is 0. The van der Waals surface area contributed by atoms with Crippen molar-refractivity contribution in [2.75, 3.05) is 6.61 Å². The van der Waals surface area contributed by atoms with Gasteiger partial charge in [-0.25, -0.2) is 0 Å². The van der Waals surface area contributed by atoms with Gasteiger partial charge in [-0.15, -0.1) is 0 Å². The maximum atomic E-state index is 13.8. The van der Waals surface area contributed by atoms with Crippen LogP contribution in [0.15, 0.2) is 75.9 Å². The standard InChI is InChI=1S/C29H26ClNO4/c1-3-4-13-34-21-12-8-11-20(15-21)26-25-27(32)22-16-23(30)18(2)14-24(22)35-28(25)29(33)31(26)17-19-9-6-5-7-10-19/h5-12,14-16,26H,3-4,13,17H2,1-2H3. The molecule has 0 bridgehead atoms. The van der Waals surface area contributed by atoms with Crippen molar-refractivity contribution >= 4 is 28.5 Å². The maximum absolute atomic E-state index is 13.8. The highest BCUT2D eigenvalue weighted by atomic mass is 35.5. The number of fused-ring (bicyclic) bond motifs is 2. The number of amides is 1. The Hall–Kier alpha value is -3.57. The number of unbranched alkanes of at least 4 members (excludes halogenated alkanes) is 1. The van der Waals surface area contributed by atoms with Gasteiger partial charge in [-0.3, -0.25) is 9.59 Å². The minimum atomic E-state index is -0.604. The summed E-state index contributed by atoms with van der Waals surface area (Å²) in [5.74, 6) is 0.487. The monoisotopic (exact) mass is 487 g/mol. The number of carbonyl (C=O) groups is 1. The molecule has 0 aliphatic carbocycles. The van der Waals surface area contributed by atoms with Crippen molar-refractivity contribution in [3.63, 3.8) is 0 Å². The minimum absolute atomic E-state index is 0.0856. The van der Waals surface area contributed by atoms with Crippen molar-refractivity contribution in [1.29, 1.82) is 0 Å². The smallest absolute Gasteiger partial charge is 0.291 e. The van der Waals surface area contributed by atoms with Crippen LogP contribution in [0.3, 0.4) is 0 Å². The second-order valence-corrected chi connectivity index (χ2v) is 9.27. The number of hydrogen-bond donors (Lipinski definition) is 0. The molecular weight excluding hydrogens is 462 g/mol. The van der Waals surface area contributed by atoms with Gasteiger partial charge in [0.05, 0.1) is 23.6 Å². The van der Waals surface area contributed by atoms with E-state index in [1.54, 1.807) is 17.0 Å². The largest absolute Gasteiger partial charge is 0.494 e. The molecule has 0 saturated carbocycles. The van der Waals surface area contributed by atoms with Crippen LogP contribution in [0.2, 0.25) is 5.02 Å². The zero-order valence-corrected chi connectivity index (χ0v) is 20.5. The Labute approximate surface area is 208 Å². The lowest BCUT2D eigenvalue weighted by Gasteiger charge is -2.25. The highest BCUT2D eigenvalue weighted by Gasteiger charge is 2.42. The SMILES string of the molecule is CCCCOc1cccc(C2c3c(oc4cc(C)c(Cl)cc4c3=O)C(=O)N2Cc2ccccc2)c1. The molecule has 1 amide bonds. The molecule has 3 aromatic carbocycles. The summed E-state index contributed by atoms with van der Waals surface area (Å²) in [6.45, 7) is 4.90. The van der Waals surface area contributed by atoms with E-state index in [9.17, 15) is 9.59 Å². The average Bonchev–Trinajstić information content (AvgIpc) is 3.13. The zero-order valence-electron chi connectivity index (χ0n) is 19.7. The highest BCUT2D eigenvalue weighted by molar-refractivity contribution is 6.32. The maximum Gasteiger partial charge on any atom is 0.291 e. The second-order valence-electron chi connectivity index (χ2n) is 8.87. The lowest BCUT2D eigenvalue weighted by atomic mass is 9.97. The van der Waals surface area contributed by atoms with Gasteiger partial charge in [0.15, 0.2) is 5.43 Å². The molecule has 2 heterocycles.